The smallest absolute Gasteiger partial charge is 0.121 e. The minimum Gasteiger partial charge on any atom is -0.489 e. The third-order valence-electron chi connectivity index (χ3n) is 1.63. The van der Waals surface area contributed by atoms with Crippen LogP contribution in [0.3, 0.4) is 0 Å². The van der Waals surface area contributed by atoms with E-state index in [1.165, 1.54) is 0 Å². The van der Waals surface area contributed by atoms with Gasteiger partial charge in [-0.25, -0.2) is 4.21 Å². The van der Waals surface area contributed by atoms with Crippen LogP contribution in [0, 0.1) is 0 Å². The summed E-state index contributed by atoms with van der Waals surface area (Å²) < 4.78 is 21.1. The summed E-state index contributed by atoms with van der Waals surface area (Å²) in [6.45, 7) is 6.14. The maximum atomic E-state index is 11.5. The highest BCUT2D eigenvalue weighted by Crippen LogP contribution is 2.21. The summed E-state index contributed by atoms with van der Waals surface area (Å²) in [5.74, 6) is 0.716. The lowest BCUT2D eigenvalue weighted by Gasteiger charge is -2.06. The lowest BCUT2D eigenvalue weighted by molar-refractivity contribution is 0.353. The largest absolute Gasteiger partial charge is 0.489 e. The number of hydrogen-bond donors (Lipinski definition) is 0. The van der Waals surface area contributed by atoms with Crippen molar-refractivity contribution in [2.75, 3.05) is 19.1 Å². The second kappa shape index (κ2) is 5.16. The van der Waals surface area contributed by atoms with Gasteiger partial charge in [-0.05, 0) is 24.6 Å². The molecular formula is C12H17NO2S. The Morgan fingerprint density at radius 2 is 2.19 bits per heavy atom. The Morgan fingerprint density at radius 1 is 1.50 bits per heavy atom. The summed E-state index contributed by atoms with van der Waals surface area (Å²) in [4.78, 5) is 0. The monoisotopic (exact) mass is 239 g/mol. The fourth-order valence-electron chi connectivity index (χ4n) is 1.09. The van der Waals surface area contributed by atoms with Crippen molar-refractivity contribution >= 4 is 15.4 Å². The van der Waals surface area contributed by atoms with Crippen LogP contribution in [0.5, 0.6) is 5.75 Å². The first-order valence-corrected chi connectivity index (χ1v) is 7.24. The molecular weight excluding hydrogens is 222 g/mol. The Balaban J connectivity index is 2.88. The van der Waals surface area contributed by atoms with Crippen LogP contribution in [0.25, 0.3) is 0 Å². The van der Waals surface area contributed by atoms with E-state index in [-0.39, 0.29) is 0 Å². The first-order chi connectivity index (χ1) is 7.37. The molecule has 0 heterocycles. The van der Waals surface area contributed by atoms with E-state index in [2.05, 4.69) is 10.9 Å². The van der Waals surface area contributed by atoms with Gasteiger partial charge in [-0.15, -0.1) is 0 Å². The van der Waals surface area contributed by atoms with Crippen LogP contribution in [0.4, 0.5) is 5.69 Å². The summed E-state index contributed by atoms with van der Waals surface area (Å²) >= 11 is 0. The van der Waals surface area contributed by atoms with E-state index in [0.717, 1.165) is 5.57 Å². The predicted octanol–water partition coefficient (Wildman–Crippen LogP) is 3.00. The van der Waals surface area contributed by atoms with E-state index < -0.39 is 9.73 Å². The van der Waals surface area contributed by atoms with Crippen LogP contribution in [0.15, 0.2) is 40.8 Å². The van der Waals surface area contributed by atoms with Crippen LogP contribution in [0.2, 0.25) is 0 Å². The van der Waals surface area contributed by atoms with Gasteiger partial charge in [0.2, 0.25) is 0 Å². The zero-order chi connectivity index (χ0) is 12.2. The van der Waals surface area contributed by atoms with Gasteiger partial charge >= 0.3 is 0 Å². The lowest BCUT2D eigenvalue weighted by Crippen LogP contribution is -1.97. The van der Waals surface area contributed by atoms with E-state index in [0.29, 0.717) is 18.0 Å². The van der Waals surface area contributed by atoms with Crippen LogP contribution in [-0.4, -0.2) is 23.3 Å². The van der Waals surface area contributed by atoms with E-state index in [4.69, 9.17) is 4.74 Å². The topological polar surface area (TPSA) is 38.7 Å². The molecule has 0 aliphatic rings. The molecule has 1 aromatic rings. The van der Waals surface area contributed by atoms with Gasteiger partial charge < -0.3 is 4.74 Å². The minimum atomic E-state index is -2.12. The Bertz CT molecular complexity index is 491. The zero-order valence-electron chi connectivity index (χ0n) is 9.90. The third kappa shape index (κ3) is 4.98. The van der Waals surface area contributed by atoms with Crippen LogP contribution >= 0.6 is 0 Å². The molecule has 4 heteroatoms. The molecule has 0 radical (unpaired) electrons. The number of benzene rings is 1. The minimum absolute atomic E-state index is 0.483. The molecule has 1 rings (SSSR count). The first kappa shape index (κ1) is 12.8. The second-order valence-electron chi connectivity index (χ2n) is 4.02. The third-order valence-corrected chi connectivity index (χ3v) is 2.28. The standard InChI is InChI=1S/C12H17NO2S/c1-10(2)9-15-12-7-5-6-11(8-12)13-16(3,4)14/h5-8H,1,9H2,2-4H3. The number of nitrogens with zero attached hydrogens (tertiary/aromatic N) is 1. The average Bonchev–Trinajstić information content (AvgIpc) is 2.12. The normalized spacial score (nSPS) is 10.9. The van der Waals surface area contributed by atoms with Gasteiger partial charge in [0.15, 0.2) is 0 Å². The van der Waals surface area contributed by atoms with Gasteiger partial charge in [0.1, 0.15) is 12.4 Å². The van der Waals surface area contributed by atoms with Gasteiger partial charge in [0.25, 0.3) is 0 Å². The Labute approximate surface area is 97.3 Å². The fourth-order valence-corrected chi connectivity index (χ4v) is 1.71. The van der Waals surface area contributed by atoms with Crippen molar-refractivity contribution in [3.8, 4) is 5.75 Å². The van der Waals surface area contributed by atoms with Crippen molar-refractivity contribution in [2.24, 2.45) is 4.36 Å². The molecule has 0 amide bonds. The number of hydrogen-bond acceptors (Lipinski definition) is 3. The van der Waals surface area contributed by atoms with E-state index in [1.807, 2.05) is 19.1 Å². The molecule has 3 nitrogen and oxygen atoms in total. The summed E-state index contributed by atoms with van der Waals surface area (Å²) in [6, 6.07) is 7.25. The highest BCUT2D eigenvalue weighted by atomic mass is 32.2. The molecule has 88 valence electrons. The summed E-state index contributed by atoms with van der Waals surface area (Å²) in [7, 11) is -2.12. The van der Waals surface area contributed by atoms with E-state index in [9.17, 15) is 4.21 Å². The van der Waals surface area contributed by atoms with Gasteiger partial charge in [-0.3, -0.25) is 0 Å². The molecule has 0 aromatic heterocycles. The van der Waals surface area contributed by atoms with Gasteiger partial charge in [-0.2, -0.15) is 4.36 Å². The molecule has 16 heavy (non-hydrogen) atoms. The zero-order valence-corrected chi connectivity index (χ0v) is 10.7. The van der Waals surface area contributed by atoms with E-state index in [1.54, 1.807) is 24.6 Å². The van der Waals surface area contributed by atoms with Gasteiger partial charge in [0.05, 0.1) is 5.69 Å². The summed E-state index contributed by atoms with van der Waals surface area (Å²) in [5, 5.41) is 0. The Hall–Kier alpha value is -1.29. The SMILES string of the molecule is C=C(C)COc1cccc(N=S(C)(C)=O)c1. The maximum absolute atomic E-state index is 11.5. The highest BCUT2D eigenvalue weighted by Gasteiger charge is 1.97. The summed E-state index contributed by atoms with van der Waals surface area (Å²) in [6.07, 6.45) is 3.21. The molecule has 0 fully saturated rings. The van der Waals surface area contributed by atoms with Crippen molar-refractivity contribution < 1.29 is 8.95 Å². The molecule has 0 bridgehead atoms. The molecule has 0 spiro atoms. The van der Waals surface area contributed by atoms with Gasteiger partial charge in [-0.1, -0.05) is 12.6 Å². The maximum Gasteiger partial charge on any atom is 0.121 e. The molecule has 0 saturated heterocycles. The van der Waals surface area contributed by atoms with Crippen molar-refractivity contribution in [1.82, 2.24) is 0 Å². The van der Waals surface area contributed by atoms with Crippen molar-refractivity contribution in [3.63, 3.8) is 0 Å². The van der Waals surface area contributed by atoms with Gasteiger partial charge in [0, 0.05) is 28.3 Å². The first-order valence-electron chi connectivity index (χ1n) is 4.91. The number of rotatable bonds is 4. The summed E-state index contributed by atoms with van der Waals surface area (Å²) in [5.41, 5.74) is 1.63. The number of ether oxygens (including phenoxy) is 1. The molecule has 0 aliphatic carbocycles. The molecule has 0 saturated carbocycles. The lowest BCUT2D eigenvalue weighted by atomic mass is 10.3. The van der Waals surface area contributed by atoms with Crippen LogP contribution < -0.4 is 4.74 Å². The molecule has 0 aliphatic heterocycles. The van der Waals surface area contributed by atoms with Crippen LogP contribution in [-0.2, 0) is 9.73 Å². The Kier molecular flexibility index (Phi) is 4.12. The molecule has 0 N–H and O–H groups in total. The van der Waals surface area contributed by atoms with E-state index >= 15 is 0 Å². The fraction of sp³-hybridized carbons (Fsp3) is 0.333. The van der Waals surface area contributed by atoms with Crippen LogP contribution in [0.1, 0.15) is 6.92 Å². The Morgan fingerprint density at radius 3 is 2.75 bits per heavy atom. The quantitative estimate of drug-likeness (QED) is 0.758. The highest BCUT2D eigenvalue weighted by molar-refractivity contribution is 7.92. The van der Waals surface area contributed by atoms with Crippen molar-refractivity contribution in [1.29, 1.82) is 0 Å². The average molecular weight is 239 g/mol. The molecule has 0 unspecified atom stereocenters. The second-order valence-corrected chi connectivity index (χ2v) is 6.56. The van der Waals surface area contributed by atoms with Crippen molar-refractivity contribution in [3.05, 3.63) is 36.4 Å². The molecule has 0 atom stereocenters. The predicted molar refractivity (Wildman–Crippen MR) is 68.8 cm³/mol. The van der Waals surface area contributed by atoms with Crippen molar-refractivity contribution in [2.45, 2.75) is 6.92 Å². The molecule has 1 aromatic carbocycles.